The minimum absolute atomic E-state index is 0.0898. The van der Waals surface area contributed by atoms with E-state index in [0.29, 0.717) is 33.9 Å². The van der Waals surface area contributed by atoms with Gasteiger partial charge in [-0.05, 0) is 31.2 Å². The maximum atomic E-state index is 11.9. The molecule has 27 heavy (non-hydrogen) atoms. The summed E-state index contributed by atoms with van der Waals surface area (Å²) in [7, 11) is -3.36. The normalized spacial score (nSPS) is 10.9. The van der Waals surface area contributed by atoms with Gasteiger partial charge in [-0.1, -0.05) is 24.0 Å². The summed E-state index contributed by atoms with van der Waals surface area (Å²) >= 11 is 0. The van der Waals surface area contributed by atoms with Crippen molar-refractivity contribution in [3.05, 3.63) is 59.4 Å². The highest BCUT2D eigenvalue weighted by Crippen LogP contribution is 2.26. The molecule has 136 valence electrons. The third-order valence-electron chi connectivity index (χ3n) is 3.76. The zero-order valence-corrected chi connectivity index (χ0v) is 15.6. The van der Waals surface area contributed by atoms with Crippen LogP contribution >= 0.6 is 0 Å². The summed E-state index contributed by atoms with van der Waals surface area (Å²) in [5, 5.41) is 0. The summed E-state index contributed by atoms with van der Waals surface area (Å²) in [6.45, 7) is 1.77. The minimum atomic E-state index is -3.36. The van der Waals surface area contributed by atoms with E-state index >= 15 is 0 Å². The van der Waals surface area contributed by atoms with E-state index in [9.17, 15) is 8.42 Å². The number of nitrogen functional groups attached to an aromatic ring is 2. The number of anilines is 2. The van der Waals surface area contributed by atoms with Crippen LogP contribution in [-0.4, -0.2) is 29.6 Å². The van der Waals surface area contributed by atoms with E-state index in [1.807, 2.05) is 0 Å². The van der Waals surface area contributed by atoms with Crippen LogP contribution in [0.2, 0.25) is 0 Å². The molecule has 0 aliphatic rings. The van der Waals surface area contributed by atoms with E-state index in [4.69, 9.17) is 11.5 Å². The van der Waals surface area contributed by atoms with Gasteiger partial charge in [-0.3, -0.25) is 0 Å². The molecule has 0 bridgehead atoms. The summed E-state index contributed by atoms with van der Waals surface area (Å²) in [5.41, 5.74) is 14.3. The predicted octanol–water partition coefficient (Wildman–Crippen LogP) is 1.81. The number of pyridine rings is 1. The number of sulfone groups is 1. The molecule has 3 rings (SSSR count). The van der Waals surface area contributed by atoms with Crippen molar-refractivity contribution in [2.24, 2.45) is 0 Å². The topological polar surface area (TPSA) is 125 Å². The molecule has 1 aromatic carbocycles. The Balaban J connectivity index is 2.16. The quantitative estimate of drug-likeness (QED) is 0.651. The molecule has 4 N–H and O–H groups in total. The first-order chi connectivity index (χ1) is 12.7. The first-order valence-electron chi connectivity index (χ1n) is 7.92. The second-order valence-electron chi connectivity index (χ2n) is 5.91. The van der Waals surface area contributed by atoms with E-state index in [0.717, 1.165) is 6.26 Å². The van der Waals surface area contributed by atoms with Crippen molar-refractivity contribution in [3.8, 4) is 23.1 Å². The predicted molar refractivity (Wildman–Crippen MR) is 104 cm³/mol. The van der Waals surface area contributed by atoms with Crippen LogP contribution in [0.3, 0.4) is 0 Å². The summed E-state index contributed by atoms with van der Waals surface area (Å²) in [4.78, 5) is 12.7. The number of hydrogen-bond acceptors (Lipinski definition) is 7. The van der Waals surface area contributed by atoms with Crippen LogP contribution < -0.4 is 11.5 Å². The van der Waals surface area contributed by atoms with Gasteiger partial charge < -0.3 is 11.5 Å². The lowest BCUT2D eigenvalue weighted by Crippen LogP contribution is -2.04. The van der Waals surface area contributed by atoms with Crippen molar-refractivity contribution in [3.63, 3.8) is 0 Å². The van der Waals surface area contributed by atoms with Crippen LogP contribution in [0.4, 0.5) is 11.8 Å². The van der Waals surface area contributed by atoms with Crippen LogP contribution in [0.15, 0.2) is 47.5 Å². The highest BCUT2D eigenvalue weighted by atomic mass is 32.2. The monoisotopic (exact) mass is 379 g/mol. The van der Waals surface area contributed by atoms with Crippen LogP contribution in [0.25, 0.3) is 11.3 Å². The Morgan fingerprint density at radius 2 is 1.81 bits per heavy atom. The zero-order chi connectivity index (χ0) is 19.6. The fourth-order valence-electron chi connectivity index (χ4n) is 2.44. The first-order valence-corrected chi connectivity index (χ1v) is 9.81. The number of nitrogens with two attached hydrogens (primary N) is 2. The number of aromatic nitrogens is 3. The van der Waals surface area contributed by atoms with E-state index < -0.39 is 9.84 Å². The number of rotatable bonds is 2. The van der Waals surface area contributed by atoms with E-state index in [1.165, 1.54) is 6.07 Å². The van der Waals surface area contributed by atoms with Gasteiger partial charge in [0.15, 0.2) is 9.84 Å². The first kappa shape index (κ1) is 18.4. The van der Waals surface area contributed by atoms with Crippen molar-refractivity contribution in [2.45, 2.75) is 11.8 Å². The lowest BCUT2D eigenvalue weighted by Gasteiger charge is -2.09. The molecule has 7 nitrogen and oxygen atoms in total. The number of benzene rings is 1. The highest BCUT2D eigenvalue weighted by molar-refractivity contribution is 7.90. The molecule has 0 aliphatic heterocycles. The molecule has 0 saturated heterocycles. The van der Waals surface area contributed by atoms with Crippen LogP contribution in [-0.2, 0) is 9.84 Å². The maximum absolute atomic E-state index is 11.9. The second kappa shape index (κ2) is 7.05. The van der Waals surface area contributed by atoms with Gasteiger partial charge in [0.05, 0.1) is 21.8 Å². The molecular formula is C19H17N5O2S. The molecule has 2 aromatic heterocycles. The van der Waals surface area contributed by atoms with Gasteiger partial charge in [-0.15, -0.1) is 0 Å². The van der Waals surface area contributed by atoms with Gasteiger partial charge in [0.2, 0.25) is 5.95 Å². The fourth-order valence-corrected chi connectivity index (χ4v) is 3.11. The minimum Gasteiger partial charge on any atom is -0.384 e. The Kier molecular flexibility index (Phi) is 4.79. The largest absolute Gasteiger partial charge is 0.384 e. The summed E-state index contributed by atoms with van der Waals surface area (Å²) in [6, 6.07) is 9.90. The Bertz CT molecular complexity index is 1180. The standard InChI is InChI=1S/C19H17N5O2S/c1-12-16(8-6-13-7-9-17(20)22-11-13)18(24-19(21)23-12)14-4-3-5-15(10-14)27(2,25)26/h3-5,7,9-11H,1-2H3,(H2,20,22)(H2,21,23,24). The lowest BCUT2D eigenvalue weighted by molar-refractivity contribution is 0.602. The summed E-state index contributed by atoms with van der Waals surface area (Å²) < 4.78 is 23.7. The Labute approximate surface area is 157 Å². The van der Waals surface area contributed by atoms with Gasteiger partial charge >= 0.3 is 0 Å². The molecule has 0 spiro atoms. The van der Waals surface area contributed by atoms with Gasteiger partial charge in [0.1, 0.15) is 5.82 Å². The molecule has 0 unspecified atom stereocenters. The summed E-state index contributed by atoms with van der Waals surface area (Å²) in [5.74, 6) is 6.53. The van der Waals surface area contributed by atoms with Crippen molar-refractivity contribution in [1.29, 1.82) is 0 Å². The third kappa shape index (κ3) is 4.22. The van der Waals surface area contributed by atoms with Crippen molar-refractivity contribution < 1.29 is 8.42 Å². The van der Waals surface area contributed by atoms with E-state index in [1.54, 1.807) is 43.5 Å². The maximum Gasteiger partial charge on any atom is 0.220 e. The fraction of sp³-hybridized carbons (Fsp3) is 0.105. The number of nitrogens with zero attached hydrogens (tertiary/aromatic N) is 3. The lowest BCUT2D eigenvalue weighted by atomic mass is 10.0. The zero-order valence-electron chi connectivity index (χ0n) is 14.8. The molecule has 2 heterocycles. The van der Waals surface area contributed by atoms with Gasteiger partial charge in [-0.2, -0.15) is 0 Å². The highest BCUT2D eigenvalue weighted by Gasteiger charge is 2.14. The molecule has 0 amide bonds. The summed E-state index contributed by atoms with van der Waals surface area (Å²) in [6.07, 6.45) is 2.72. The van der Waals surface area contributed by atoms with Crippen molar-refractivity contribution in [2.75, 3.05) is 17.7 Å². The molecule has 0 radical (unpaired) electrons. The molecule has 0 fully saturated rings. The number of aryl methyl sites for hydroxylation is 1. The molecule has 0 saturated carbocycles. The molecule has 0 aliphatic carbocycles. The Morgan fingerprint density at radius 3 is 2.48 bits per heavy atom. The van der Waals surface area contributed by atoms with Gasteiger partial charge in [-0.25, -0.2) is 23.4 Å². The van der Waals surface area contributed by atoms with Crippen molar-refractivity contribution >= 4 is 21.6 Å². The van der Waals surface area contributed by atoms with Crippen molar-refractivity contribution in [1.82, 2.24) is 15.0 Å². The smallest absolute Gasteiger partial charge is 0.220 e. The Hall–Kier alpha value is -3.44. The third-order valence-corrected chi connectivity index (χ3v) is 4.87. The SMILES string of the molecule is Cc1nc(N)nc(-c2cccc(S(C)(=O)=O)c2)c1C#Cc1ccc(N)nc1. The van der Waals surface area contributed by atoms with Crippen LogP contribution in [0.1, 0.15) is 16.8 Å². The average molecular weight is 379 g/mol. The van der Waals surface area contributed by atoms with E-state index in [2.05, 4.69) is 26.8 Å². The molecule has 3 aromatic rings. The average Bonchev–Trinajstić information content (AvgIpc) is 2.61. The number of hydrogen-bond donors (Lipinski definition) is 2. The molecule has 0 atom stereocenters. The van der Waals surface area contributed by atoms with E-state index in [-0.39, 0.29) is 10.8 Å². The van der Waals surface area contributed by atoms with Crippen LogP contribution in [0, 0.1) is 18.8 Å². The second-order valence-corrected chi connectivity index (χ2v) is 7.93. The Morgan fingerprint density at radius 1 is 1.04 bits per heavy atom. The van der Waals surface area contributed by atoms with Crippen LogP contribution in [0.5, 0.6) is 0 Å². The molecule has 8 heteroatoms. The molecular weight excluding hydrogens is 362 g/mol. The van der Waals surface area contributed by atoms with Gasteiger partial charge in [0.25, 0.3) is 0 Å². The van der Waals surface area contributed by atoms with Gasteiger partial charge in [0, 0.05) is 23.6 Å².